The molecule has 0 aliphatic carbocycles. The van der Waals surface area contributed by atoms with Gasteiger partial charge >= 0.3 is 5.97 Å². The molecular weight excluding hydrogens is 216 g/mol. The zero-order chi connectivity index (χ0) is 12.8. The second-order valence-electron chi connectivity index (χ2n) is 4.86. The summed E-state index contributed by atoms with van der Waals surface area (Å²) in [5.41, 5.74) is 0. The maximum Gasteiger partial charge on any atom is 0.309 e. The standard InChI is InChI=1S/C13H26N2O2/c1-5-15(12-6-8-14-9-7-12)11(3)10(2)13(16)17-4/h10-12,14H,5-9H2,1-4H3. The molecule has 0 spiro atoms. The first-order chi connectivity index (χ1) is 8.11. The van der Waals surface area contributed by atoms with Gasteiger partial charge < -0.3 is 10.1 Å². The van der Waals surface area contributed by atoms with E-state index in [-0.39, 0.29) is 17.9 Å². The molecule has 1 fully saturated rings. The van der Waals surface area contributed by atoms with Crippen LogP contribution in [0.1, 0.15) is 33.6 Å². The van der Waals surface area contributed by atoms with Crippen LogP contribution < -0.4 is 5.32 Å². The summed E-state index contributed by atoms with van der Waals surface area (Å²) in [6.07, 6.45) is 2.35. The van der Waals surface area contributed by atoms with Gasteiger partial charge in [0, 0.05) is 12.1 Å². The molecule has 0 aromatic carbocycles. The SMILES string of the molecule is CCN(C1CCNCC1)C(C)C(C)C(=O)OC. The molecule has 2 unspecified atom stereocenters. The van der Waals surface area contributed by atoms with Gasteiger partial charge in [0.15, 0.2) is 0 Å². The van der Waals surface area contributed by atoms with Gasteiger partial charge in [-0.1, -0.05) is 13.8 Å². The maximum absolute atomic E-state index is 11.6. The van der Waals surface area contributed by atoms with Gasteiger partial charge in [-0.15, -0.1) is 0 Å². The summed E-state index contributed by atoms with van der Waals surface area (Å²) in [7, 11) is 1.46. The molecule has 0 saturated carbocycles. The highest BCUT2D eigenvalue weighted by Gasteiger charge is 2.30. The van der Waals surface area contributed by atoms with Crippen molar-refractivity contribution >= 4 is 5.97 Å². The number of ether oxygens (including phenoxy) is 1. The largest absolute Gasteiger partial charge is 0.469 e. The van der Waals surface area contributed by atoms with Gasteiger partial charge in [-0.2, -0.15) is 0 Å². The summed E-state index contributed by atoms with van der Waals surface area (Å²) < 4.78 is 4.84. The first kappa shape index (κ1) is 14.5. The van der Waals surface area contributed by atoms with Crippen LogP contribution in [0.5, 0.6) is 0 Å². The minimum absolute atomic E-state index is 0.0603. The number of nitrogens with one attached hydrogen (secondary N) is 1. The Bertz CT molecular complexity index is 240. The summed E-state index contributed by atoms with van der Waals surface area (Å²) in [6, 6.07) is 0.846. The Kier molecular flexibility index (Phi) is 5.92. The molecule has 1 N–H and O–H groups in total. The molecule has 17 heavy (non-hydrogen) atoms. The van der Waals surface area contributed by atoms with Crippen LogP contribution in [-0.2, 0) is 9.53 Å². The number of methoxy groups -OCH3 is 1. The van der Waals surface area contributed by atoms with Crippen LogP contribution in [0.3, 0.4) is 0 Å². The third-order valence-corrected chi connectivity index (χ3v) is 3.96. The van der Waals surface area contributed by atoms with Gasteiger partial charge in [0.2, 0.25) is 0 Å². The Balaban J connectivity index is 2.61. The fourth-order valence-corrected chi connectivity index (χ4v) is 2.69. The van der Waals surface area contributed by atoms with Crippen molar-refractivity contribution in [1.82, 2.24) is 10.2 Å². The molecule has 0 bridgehead atoms. The number of esters is 1. The molecule has 0 radical (unpaired) electrons. The van der Waals surface area contributed by atoms with E-state index >= 15 is 0 Å². The van der Waals surface area contributed by atoms with Crippen LogP contribution in [0.15, 0.2) is 0 Å². The van der Waals surface area contributed by atoms with Gasteiger partial charge in [-0.25, -0.2) is 0 Å². The summed E-state index contributed by atoms with van der Waals surface area (Å²) in [5.74, 6) is -0.167. The van der Waals surface area contributed by atoms with Crippen LogP contribution in [0.25, 0.3) is 0 Å². The third-order valence-electron chi connectivity index (χ3n) is 3.96. The molecule has 1 aliphatic heterocycles. The molecular formula is C13H26N2O2. The highest BCUT2D eigenvalue weighted by atomic mass is 16.5. The van der Waals surface area contributed by atoms with Crippen molar-refractivity contribution in [2.45, 2.75) is 45.7 Å². The number of piperidine rings is 1. The third kappa shape index (κ3) is 3.68. The van der Waals surface area contributed by atoms with Crippen LogP contribution in [0, 0.1) is 5.92 Å². The van der Waals surface area contributed by atoms with E-state index < -0.39 is 0 Å². The van der Waals surface area contributed by atoms with Crippen LogP contribution in [0.2, 0.25) is 0 Å². The highest BCUT2D eigenvalue weighted by molar-refractivity contribution is 5.72. The molecule has 1 aliphatic rings. The molecule has 1 heterocycles. The number of rotatable bonds is 5. The summed E-state index contributed by atoms with van der Waals surface area (Å²) in [6.45, 7) is 9.42. The van der Waals surface area contributed by atoms with Crippen LogP contribution in [0.4, 0.5) is 0 Å². The molecule has 0 amide bonds. The minimum Gasteiger partial charge on any atom is -0.469 e. The van der Waals surface area contributed by atoms with Crippen molar-refractivity contribution in [3.63, 3.8) is 0 Å². The Morgan fingerprint density at radius 3 is 2.47 bits per heavy atom. The molecule has 0 aromatic rings. The summed E-state index contributed by atoms with van der Waals surface area (Å²) in [5, 5.41) is 3.38. The number of carbonyl (C=O) groups excluding carboxylic acids is 1. The lowest BCUT2D eigenvalue weighted by Crippen LogP contribution is -2.50. The molecule has 2 atom stereocenters. The summed E-state index contributed by atoms with van der Waals surface area (Å²) in [4.78, 5) is 14.0. The van der Waals surface area contributed by atoms with Crippen molar-refractivity contribution < 1.29 is 9.53 Å². The Labute approximate surface area is 105 Å². The smallest absolute Gasteiger partial charge is 0.309 e. The predicted octanol–water partition coefficient (Wildman–Crippen LogP) is 1.26. The van der Waals surface area contributed by atoms with Gasteiger partial charge in [0.25, 0.3) is 0 Å². The minimum atomic E-state index is -0.107. The predicted molar refractivity (Wildman–Crippen MR) is 68.9 cm³/mol. The van der Waals surface area contributed by atoms with Crippen molar-refractivity contribution in [2.75, 3.05) is 26.7 Å². The molecule has 1 rings (SSSR count). The van der Waals surface area contributed by atoms with Gasteiger partial charge in [0.1, 0.15) is 0 Å². The first-order valence-corrected chi connectivity index (χ1v) is 6.66. The second-order valence-corrected chi connectivity index (χ2v) is 4.86. The molecule has 4 heteroatoms. The van der Waals surface area contributed by atoms with Crippen molar-refractivity contribution in [1.29, 1.82) is 0 Å². The van der Waals surface area contributed by atoms with Crippen molar-refractivity contribution in [3.05, 3.63) is 0 Å². The number of nitrogens with zero attached hydrogens (tertiary/aromatic N) is 1. The molecule has 100 valence electrons. The lowest BCUT2D eigenvalue weighted by atomic mass is 9.96. The topological polar surface area (TPSA) is 41.6 Å². The highest BCUT2D eigenvalue weighted by Crippen LogP contribution is 2.20. The van der Waals surface area contributed by atoms with E-state index in [1.54, 1.807) is 0 Å². The normalized spacial score (nSPS) is 21.2. The lowest BCUT2D eigenvalue weighted by molar-refractivity contribution is -0.147. The van der Waals surface area contributed by atoms with Gasteiger partial charge in [0.05, 0.1) is 13.0 Å². The number of carbonyl (C=O) groups is 1. The molecule has 0 aromatic heterocycles. The lowest BCUT2D eigenvalue weighted by Gasteiger charge is -2.39. The Morgan fingerprint density at radius 1 is 1.41 bits per heavy atom. The van der Waals surface area contributed by atoms with E-state index in [2.05, 4.69) is 24.1 Å². The zero-order valence-electron chi connectivity index (χ0n) is 11.5. The Morgan fingerprint density at radius 2 is 2.00 bits per heavy atom. The fraction of sp³-hybridized carbons (Fsp3) is 0.923. The van der Waals surface area contributed by atoms with Crippen molar-refractivity contribution in [3.8, 4) is 0 Å². The van der Waals surface area contributed by atoms with Gasteiger partial charge in [-0.05, 0) is 39.4 Å². The van der Waals surface area contributed by atoms with E-state index in [1.807, 2.05) is 6.92 Å². The van der Waals surface area contributed by atoms with Gasteiger partial charge in [-0.3, -0.25) is 9.69 Å². The fourth-order valence-electron chi connectivity index (χ4n) is 2.69. The number of hydrogen-bond donors (Lipinski definition) is 1. The van der Waals surface area contributed by atoms with E-state index in [0.717, 1.165) is 19.6 Å². The first-order valence-electron chi connectivity index (χ1n) is 6.66. The van der Waals surface area contributed by atoms with E-state index in [1.165, 1.54) is 20.0 Å². The summed E-state index contributed by atoms with van der Waals surface area (Å²) >= 11 is 0. The quantitative estimate of drug-likeness (QED) is 0.737. The van der Waals surface area contributed by atoms with E-state index in [9.17, 15) is 4.79 Å². The monoisotopic (exact) mass is 242 g/mol. The Hall–Kier alpha value is -0.610. The zero-order valence-corrected chi connectivity index (χ0v) is 11.5. The average Bonchev–Trinajstić information content (AvgIpc) is 2.38. The van der Waals surface area contributed by atoms with Crippen LogP contribution in [-0.4, -0.2) is 49.7 Å². The van der Waals surface area contributed by atoms with Crippen LogP contribution >= 0.6 is 0 Å². The van der Waals surface area contributed by atoms with E-state index in [0.29, 0.717) is 6.04 Å². The van der Waals surface area contributed by atoms with E-state index in [4.69, 9.17) is 4.74 Å². The average molecular weight is 242 g/mol. The maximum atomic E-state index is 11.6. The molecule has 4 nitrogen and oxygen atoms in total. The van der Waals surface area contributed by atoms with Crippen molar-refractivity contribution in [2.24, 2.45) is 5.92 Å². The number of hydrogen-bond acceptors (Lipinski definition) is 4. The molecule has 1 saturated heterocycles. The second kappa shape index (κ2) is 6.97.